The molecule has 1 aromatic carbocycles. The first-order chi connectivity index (χ1) is 10.9. The van der Waals surface area contributed by atoms with Gasteiger partial charge in [-0.2, -0.15) is 9.78 Å². The number of para-hydroxylation sites is 1. The fourth-order valence-corrected chi connectivity index (χ4v) is 3.02. The molecule has 1 N–H and O–H groups in total. The monoisotopic (exact) mass is 311 g/mol. The van der Waals surface area contributed by atoms with E-state index in [4.69, 9.17) is 0 Å². The van der Waals surface area contributed by atoms with Gasteiger partial charge in [-0.3, -0.25) is 4.79 Å². The molecule has 23 heavy (non-hydrogen) atoms. The fraction of sp³-hybridized carbons (Fsp3) is 0.235. The van der Waals surface area contributed by atoms with Gasteiger partial charge in [0.1, 0.15) is 6.04 Å². The van der Waals surface area contributed by atoms with Crippen molar-refractivity contribution >= 4 is 16.7 Å². The normalized spacial score (nSPS) is 12.5. The average molecular weight is 311 g/mol. The third kappa shape index (κ3) is 2.23. The molecule has 1 atom stereocenters. The van der Waals surface area contributed by atoms with Crippen LogP contribution in [0, 0.1) is 13.8 Å². The molecule has 2 heterocycles. The largest absolute Gasteiger partial charge is 0.480 e. The molecule has 0 saturated heterocycles. The molecule has 0 amide bonds. The summed E-state index contributed by atoms with van der Waals surface area (Å²) in [5, 5.41) is 14.7. The molecule has 6 nitrogen and oxygen atoms in total. The molecule has 6 heteroatoms. The average Bonchev–Trinajstić information content (AvgIpc) is 2.79. The van der Waals surface area contributed by atoms with Gasteiger partial charge in [0.25, 0.3) is 5.56 Å². The standard InChI is InChI=1S/C17H17N3O3/c1-10-14-9-18-20(13-7-5-4-6-8-13)16(21)15(14)11(2)19(10)12(3)17(22)23/h4-9,12H,1-3H3,(H,22,23)/t12-/m1/s1. The van der Waals surface area contributed by atoms with Gasteiger partial charge in [0.05, 0.1) is 17.3 Å². The van der Waals surface area contributed by atoms with Crippen molar-refractivity contribution in [1.29, 1.82) is 0 Å². The summed E-state index contributed by atoms with van der Waals surface area (Å²) in [4.78, 5) is 24.2. The Kier molecular flexibility index (Phi) is 3.52. The van der Waals surface area contributed by atoms with Gasteiger partial charge in [-0.15, -0.1) is 0 Å². The SMILES string of the molecule is Cc1c2cnn(-c3ccccc3)c(=O)c2c(C)n1[C@H](C)C(=O)O. The molecule has 118 valence electrons. The smallest absolute Gasteiger partial charge is 0.326 e. The predicted octanol–water partition coefficient (Wildman–Crippen LogP) is 2.45. The van der Waals surface area contributed by atoms with E-state index in [2.05, 4.69) is 5.10 Å². The van der Waals surface area contributed by atoms with Crippen LogP contribution in [0.1, 0.15) is 24.4 Å². The first-order valence-electron chi connectivity index (χ1n) is 7.31. The van der Waals surface area contributed by atoms with Crippen LogP contribution in [0.15, 0.2) is 41.3 Å². The van der Waals surface area contributed by atoms with Crippen LogP contribution in [0.5, 0.6) is 0 Å². The van der Waals surface area contributed by atoms with E-state index in [0.717, 1.165) is 5.69 Å². The number of aliphatic carboxylic acids is 1. The molecular formula is C17H17N3O3. The van der Waals surface area contributed by atoms with Gasteiger partial charge in [-0.1, -0.05) is 18.2 Å². The number of carbonyl (C=O) groups is 1. The minimum absolute atomic E-state index is 0.245. The molecule has 0 saturated carbocycles. The van der Waals surface area contributed by atoms with E-state index in [9.17, 15) is 14.7 Å². The van der Waals surface area contributed by atoms with Gasteiger partial charge in [0.2, 0.25) is 0 Å². The number of carboxylic acid groups (broad SMARTS) is 1. The zero-order valence-electron chi connectivity index (χ0n) is 13.1. The number of hydrogen-bond donors (Lipinski definition) is 1. The van der Waals surface area contributed by atoms with E-state index in [0.29, 0.717) is 22.2 Å². The minimum Gasteiger partial charge on any atom is -0.480 e. The quantitative estimate of drug-likeness (QED) is 0.806. The van der Waals surface area contributed by atoms with Crippen molar-refractivity contribution < 1.29 is 9.90 Å². The van der Waals surface area contributed by atoms with Crippen LogP contribution < -0.4 is 5.56 Å². The summed E-state index contributed by atoms with van der Waals surface area (Å²) in [6, 6.07) is 8.41. The van der Waals surface area contributed by atoms with Gasteiger partial charge in [0, 0.05) is 16.8 Å². The molecule has 0 aliphatic heterocycles. The summed E-state index contributed by atoms with van der Waals surface area (Å²) in [5.74, 6) is -0.937. The Labute approximate surface area is 132 Å². The number of rotatable bonds is 3. The van der Waals surface area contributed by atoms with Crippen molar-refractivity contribution in [2.45, 2.75) is 26.8 Å². The minimum atomic E-state index is -0.937. The Bertz CT molecular complexity index is 955. The van der Waals surface area contributed by atoms with Crippen molar-refractivity contribution in [3.63, 3.8) is 0 Å². The van der Waals surface area contributed by atoms with Crippen molar-refractivity contribution in [3.8, 4) is 5.69 Å². The topological polar surface area (TPSA) is 77.1 Å². The highest BCUT2D eigenvalue weighted by Crippen LogP contribution is 2.26. The molecule has 3 aromatic rings. The Morgan fingerprint density at radius 2 is 1.83 bits per heavy atom. The van der Waals surface area contributed by atoms with Gasteiger partial charge < -0.3 is 9.67 Å². The van der Waals surface area contributed by atoms with Gasteiger partial charge >= 0.3 is 5.97 Å². The van der Waals surface area contributed by atoms with Crippen LogP contribution in [-0.2, 0) is 4.79 Å². The van der Waals surface area contributed by atoms with E-state index >= 15 is 0 Å². The molecule has 0 bridgehead atoms. The highest BCUT2D eigenvalue weighted by Gasteiger charge is 2.23. The number of aryl methyl sites for hydroxylation is 2. The molecule has 0 spiro atoms. The van der Waals surface area contributed by atoms with Gasteiger partial charge in [-0.05, 0) is 32.9 Å². The van der Waals surface area contributed by atoms with Gasteiger partial charge in [-0.25, -0.2) is 4.79 Å². The Morgan fingerprint density at radius 3 is 2.43 bits per heavy atom. The molecule has 2 aromatic heterocycles. The molecule has 0 aliphatic carbocycles. The van der Waals surface area contributed by atoms with Crippen LogP contribution >= 0.6 is 0 Å². The molecule has 0 aliphatic rings. The van der Waals surface area contributed by atoms with Crippen molar-refractivity contribution in [1.82, 2.24) is 14.3 Å². The zero-order valence-corrected chi connectivity index (χ0v) is 13.1. The summed E-state index contributed by atoms with van der Waals surface area (Å²) in [6.45, 7) is 5.18. The third-order valence-electron chi connectivity index (χ3n) is 4.20. The maximum absolute atomic E-state index is 12.8. The lowest BCUT2D eigenvalue weighted by molar-refractivity contribution is -0.140. The molecule has 3 rings (SSSR count). The first-order valence-corrected chi connectivity index (χ1v) is 7.31. The van der Waals surface area contributed by atoms with Crippen LogP contribution in [0.3, 0.4) is 0 Å². The first kappa shape index (κ1) is 15.0. The second kappa shape index (κ2) is 5.39. The summed E-state index contributed by atoms with van der Waals surface area (Å²) >= 11 is 0. The summed E-state index contributed by atoms with van der Waals surface area (Å²) in [7, 11) is 0. The van der Waals surface area contributed by atoms with E-state index in [1.165, 1.54) is 4.68 Å². The highest BCUT2D eigenvalue weighted by atomic mass is 16.4. The highest BCUT2D eigenvalue weighted by molar-refractivity contribution is 5.88. The third-order valence-corrected chi connectivity index (χ3v) is 4.20. The Hall–Kier alpha value is -2.89. The lowest BCUT2D eigenvalue weighted by Gasteiger charge is -2.13. The van der Waals surface area contributed by atoms with Crippen molar-refractivity contribution in [2.75, 3.05) is 0 Å². The maximum atomic E-state index is 12.8. The van der Waals surface area contributed by atoms with Crippen LogP contribution in [0.25, 0.3) is 16.5 Å². The van der Waals surface area contributed by atoms with Gasteiger partial charge in [0.15, 0.2) is 0 Å². The lowest BCUT2D eigenvalue weighted by Crippen LogP contribution is -2.21. The zero-order chi connectivity index (χ0) is 16.7. The summed E-state index contributed by atoms with van der Waals surface area (Å²) < 4.78 is 3.01. The Morgan fingerprint density at radius 1 is 1.17 bits per heavy atom. The summed E-state index contributed by atoms with van der Waals surface area (Å²) in [5.41, 5.74) is 1.81. The van der Waals surface area contributed by atoms with Crippen LogP contribution in [0.4, 0.5) is 0 Å². The van der Waals surface area contributed by atoms with Crippen LogP contribution in [-0.4, -0.2) is 25.4 Å². The molecule has 0 radical (unpaired) electrons. The Balaban J connectivity index is 2.33. The molecule has 0 unspecified atom stereocenters. The van der Waals surface area contributed by atoms with Crippen molar-refractivity contribution in [3.05, 3.63) is 58.3 Å². The number of aromatic nitrogens is 3. The number of hydrogen-bond acceptors (Lipinski definition) is 3. The second-order valence-electron chi connectivity index (χ2n) is 5.54. The maximum Gasteiger partial charge on any atom is 0.326 e. The van der Waals surface area contributed by atoms with E-state index < -0.39 is 12.0 Å². The summed E-state index contributed by atoms with van der Waals surface area (Å²) in [6.07, 6.45) is 1.62. The fourth-order valence-electron chi connectivity index (χ4n) is 3.02. The molecule has 0 fully saturated rings. The molecular weight excluding hydrogens is 294 g/mol. The number of carboxylic acids is 1. The van der Waals surface area contributed by atoms with E-state index in [1.807, 2.05) is 25.1 Å². The number of fused-ring (bicyclic) bond motifs is 1. The number of benzene rings is 1. The second-order valence-corrected chi connectivity index (χ2v) is 5.54. The van der Waals surface area contributed by atoms with Crippen LogP contribution in [0.2, 0.25) is 0 Å². The van der Waals surface area contributed by atoms with E-state index in [-0.39, 0.29) is 5.56 Å². The van der Waals surface area contributed by atoms with Crippen molar-refractivity contribution in [2.24, 2.45) is 0 Å². The predicted molar refractivity (Wildman–Crippen MR) is 87.2 cm³/mol. The lowest BCUT2D eigenvalue weighted by atomic mass is 10.2. The van der Waals surface area contributed by atoms with E-state index in [1.54, 1.807) is 36.7 Å². The number of nitrogens with zero attached hydrogens (tertiary/aromatic N) is 3.